The van der Waals surface area contributed by atoms with Crippen molar-refractivity contribution in [3.63, 3.8) is 0 Å². The van der Waals surface area contributed by atoms with Crippen molar-refractivity contribution >= 4 is 9.28 Å². The fraction of sp³-hybridized carbons (Fsp3) is 0.857. The second-order valence-corrected chi connectivity index (χ2v) is 3.80. The third-order valence-electron chi connectivity index (χ3n) is 1.09. The molecule has 0 unspecified atom stereocenters. The van der Waals surface area contributed by atoms with E-state index in [1.54, 1.807) is 0 Å². The fourth-order valence-electron chi connectivity index (χ4n) is 0.705. The maximum Gasteiger partial charge on any atom is 0.324 e. The topological polar surface area (TPSA) is 18.5 Å². The second kappa shape index (κ2) is 7.25. The highest BCUT2D eigenvalue weighted by atomic mass is 28.3. The lowest BCUT2D eigenvalue weighted by Gasteiger charge is -2.12. The van der Waals surface area contributed by atoms with Gasteiger partial charge in [-0.2, -0.15) is 0 Å². The van der Waals surface area contributed by atoms with E-state index in [1.165, 1.54) is 0 Å². The SMILES string of the molecule is CC[CH][SiH](OCC)OCC. The molecular weight excluding hydrogens is 144 g/mol. The molecule has 0 saturated heterocycles. The first-order chi connectivity index (χ1) is 4.85. The molecule has 0 aliphatic heterocycles. The van der Waals surface area contributed by atoms with Crippen molar-refractivity contribution in [1.29, 1.82) is 0 Å². The van der Waals surface area contributed by atoms with E-state index in [-0.39, 0.29) is 0 Å². The molecule has 0 aliphatic rings. The summed E-state index contributed by atoms with van der Waals surface area (Å²) in [6.07, 6.45) is 1.05. The molecule has 0 rings (SSSR count). The molecule has 0 heterocycles. The van der Waals surface area contributed by atoms with Crippen LogP contribution in [0.5, 0.6) is 0 Å². The smallest absolute Gasteiger partial charge is 0.324 e. The lowest BCUT2D eigenvalue weighted by atomic mass is 10.6. The van der Waals surface area contributed by atoms with Crippen LogP contribution in [0.3, 0.4) is 0 Å². The summed E-state index contributed by atoms with van der Waals surface area (Å²) in [6, 6.07) is 2.16. The zero-order valence-corrected chi connectivity index (χ0v) is 8.25. The van der Waals surface area contributed by atoms with E-state index in [0.29, 0.717) is 0 Å². The van der Waals surface area contributed by atoms with Gasteiger partial charge >= 0.3 is 9.28 Å². The van der Waals surface area contributed by atoms with Crippen LogP contribution in [0.2, 0.25) is 0 Å². The van der Waals surface area contributed by atoms with E-state index < -0.39 is 9.28 Å². The van der Waals surface area contributed by atoms with Crippen LogP contribution in [0.4, 0.5) is 0 Å². The average molecular weight is 161 g/mol. The van der Waals surface area contributed by atoms with E-state index in [1.807, 2.05) is 13.8 Å². The molecule has 0 aromatic carbocycles. The quantitative estimate of drug-likeness (QED) is 0.549. The molecule has 0 atom stereocenters. The standard InChI is InChI=1S/C7H17O2Si/c1-4-7-10(8-5-2)9-6-3/h7,10H,4-6H2,1-3H3. The molecule has 0 fully saturated rings. The molecule has 0 aromatic rings. The van der Waals surface area contributed by atoms with Gasteiger partial charge in [0.1, 0.15) is 0 Å². The third-order valence-corrected chi connectivity index (χ3v) is 3.27. The molecule has 61 valence electrons. The summed E-state index contributed by atoms with van der Waals surface area (Å²) in [5.41, 5.74) is 0. The minimum Gasteiger partial charge on any atom is -0.397 e. The number of rotatable bonds is 6. The first-order valence-electron chi connectivity index (χ1n) is 3.91. The van der Waals surface area contributed by atoms with Crippen LogP contribution in [-0.2, 0) is 8.85 Å². The number of hydrogen-bond acceptors (Lipinski definition) is 2. The Morgan fingerprint density at radius 1 is 1.10 bits per heavy atom. The Bertz CT molecular complexity index is 54.4. The molecule has 0 N–H and O–H groups in total. The van der Waals surface area contributed by atoms with Crippen LogP contribution in [0.25, 0.3) is 0 Å². The van der Waals surface area contributed by atoms with E-state index in [9.17, 15) is 0 Å². The van der Waals surface area contributed by atoms with Crippen LogP contribution in [0.15, 0.2) is 0 Å². The predicted molar refractivity (Wildman–Crippen MR) is 45.0 cm³/mol. The highest BCUT2D eigenvalue weighted by Gasteiger charge is 2.09. The molecule has 3 heteroatoms. The number of hydrogen-bond donors (Lipinski definition) is 0. The van der Waals surface area contributed by atoms with Gasteiger partial charge in [0.05, 0.1) is 0 Å². The van der Waals surface area contributed by atoms with E-state index >= 15 is 0 Å². The Morgan fingerprint density at radius 2 is 1.60 bits per heavy atom. The Hall–Kier alpha value is 0.137. The second-order valence-electron chi connectivity index (χ2n) is 1.92. The summed E-state index contributed by atoms with van der Waals surface area (Å²) in [4.78, 5) is 0. The zero-order chi connectivity index (χ0) is 7.82. The minimum absolute atomic E-state index is 0.771. The highest BCUT2D eigenvalue weighted by Crippen LogP contribution is 1.96. The van der Waals surface area contributed by atoms with Gasteiger partial charge in [-0.3, -0.25) is 0 Å². The predicted octanol–water partition coefficient (Wildman–Crippen LogP) is 1.43. The first-order valence-corrected chi connectivity index (χ1v) is 5.52. The van der Waals surface area contributed by atoms with Crippen LogP contribution >= 0.6 is 0 Å². The fourth-order valence-corrected chi connectivity index (χ4v) is 2.12. The van der Waals surface area contributed by atoms with Gasteiger partial charge in [0.2, 0.25) is 0 Å². The maximum atomic E-state index is 5.38. The van der Waals surface area contributed by atoms with Crippen molar-refractivity contribution in [3.05, 3.63) is 6.04 Å². The summed E-state index contributed by atoms with van der Waals surface area (Å²) in [7, 11) is -1.36. The molecule has 10 heavy (non-hydrogen) atoms. The Labute approximate surface area is 65.4 Å². The Balaban J connectivity index is 3.30. The van der Waals surface area contributed by atoms with Gasteiger partial charge < -0.3 is 8.85 Å². The zero-order valence-electron chi connectivity index (χ0n) is 7.09. The van der Waals surface area contributed by atoms with E-state index in [0.717, 1.165) is 19.6 Å². The van der Waals surface area contributed by atoms with Gasteiger partial charge in [-0.05, 0) is 13.8 Å². The first kappa shape index (κ1) is 10.1. The van der Waals surface area contributed by atoms with Crippen molar-refractivity contribution in [3.8, 4) is 0 Å². The van der Waals surface area contributed by atoms with E-state index in [4.69, 9.17) is 8.85 Å². The summed E-state index contributed by atoms with van der Waals surface area (Å²) in [6.45, 7) is 7.66. The van der Waals surface area contributed by atoms with Crippen molar-refractivity contribution < 1.29 is 8.85 Å². The van der Waals surface area contributed by atoms with Crippen molar-refractivity contribution in [2.45, 2.75) is 27.2 Å². The van der Waals surface area contributed by atoms with Crippen molar-refractivity contribution in [2.75, 3.05) is 13.2 Å². The molecule has 0 saturated carbocycles. The Kier molecular flexibility index (Phi) is 7.35. The van der Waals surface area contributed by atoms with Crippen molar-refractivity contribution in [1.82, 2.24) is 0 Å². The third kappa shape index (κ3) is 4.96. The minimum atomic E-state index is -1.36. The van der Waals surface area contributed by atoms with Gasteiger partial charge in [0.15, 0.2) is 0 Å². The van der Waals surface area contributed by atoms with Gasteiger partial charge in [0.25, 0.3) is 0 Å². The lowest BCUT2D eigenvalue weighted by Crippen LogP contribution is -2.23. The normalized spacial score (nSPS) is 10.8. The molecule has 1 radical (unpaired) electrons. The summed E-state index contributed by atoms with van der Waals surface area (Å²) < 4.78 is 10.8. The molecule has 2 nitrogen and oxygen atoms in total. The summed E-state index contributed by atoms with van der Waals surface area (Å²) >= 11 is 0. The monoisotopic (exact) mass is 161 g/mol. The molecule has 0 aromatic heterocycles. The van der Waals surface area contributed by atoms with Crippen LogP contribution < -0.4 is 0 Å². The molecule has 0 spiro atoms. The molecule has 0 amide bonds. The maximum absolute atomic E-state index is 5.38. The van der Waals surface area contributed by atoms with Gasteiger partial charge in [-0.1, -0.05) is 13.3 Å². The Morgan fingerprint density at radius 3 is 1.90 bits per heavy atom. The van der Waals surface area contributed by atoms with Crippen molar-refractivity contribution in [2.24, 2.45) is 0 Å². The average Bonchev–Trinajstić information content (AvgIpc) is 1.90. The highest BCUT2D eigenvalue weighted by molar-refractivity contribution is 6.48. The van der Waals surface area contributed by atoms with Gasteiger partial charge in [0, 0.05) is 19.3 Å². The van der Waals surface area contributed by atoms with Crippen LogP contribution in [-0.4, -0.2) is 22.5 Å². The molecule has 0 aliphatic carbocycles. The molecular formula is C7H17O2Si. The summed E-state index contributed by atoms with van der Waals surface area (Å²) in [5.74, 6) is 0. The molecule has 0 bridgehead atoms. The van der Waals surface area contributed by atoms with E-state index in [2.05, 4.69) is 13.0 Å². The van der Waals surface area contributed by atoms with Crippen LogP contribution in [0, 0.1) is 6.04 Å². The van der Waals surface area contributed by atoms with Gasteiger partial charge in [-0.25, -0.2) is 0 Å². The lowest BCUT2D eigenvalue weighted by molar-refractivity contribution is 0.219. The largest absolute Gasteiger partial charge is 0.397 e. The van der Waals surface area contributed by atoms with Gasteiger partial charge in [-0.15, -0.1) is 0 Å². The van der Waals surface area contributed by atoms with Crippen LogP contribution in [0.1, 0.15) is 27.2 Å². The summed E-state index contributed by atoms with van der Waals surface area (Å²) in [5, 5.41) is 0.